The number of carbonyl (C=O) groups is 3. The molecule has 1 saturated carbocycles. The van der Waals surface area contributed by atoms with Gasteiger partial charge in [0.15, 0.2) is 0 Å². The molecule has 0 bridgehead atoms. The maximum atomic E-state index is 12.7. The molecule has 2 fully saturated rings. The Morgan fingerprint density at radius 3 is 2.36 bits per heavy atom. The zero-order valence-corrected chi connectivity index (χ0v) is 16.7. The number of rotatable bonds is 5. The van der Waals surface area contributed by atoms with Gasteiger partial charge in [0.1, 0.15) is 12.1 Å². The number of amides is 4. The van der Waals surface area contributed by atoms with Crippen LogP contribution in [0.25, 0.3) is 0 Å². The molecule has 1 aromatic carbocycles. The Kier molecular flexibility index (Phi) is 5.20. The summed E-state index contributed by atoms with van der Waals surface area (Å²) in [6, 6.07) is 4.99. The lowest BCUT2D eigenvalue weighted by Crippen LogP contribution is -2.45. The lowest BCUT2D eigenvalue weighted by molar-refractivity contribution is -0.139. The summed E-state index contributed by atoms with van der Waals surface area (Å²) in [5.41, 5.74) is -0.141. The van der Waals surface area contributed by atoms with Gasteiger partial charge in [0.05, 0.1) is 10.9 Å². The Balaban J connectivity index is 1.69. The minimum absolute atomic E-state index is 0.0152. The van der Waals surface area contributed by atoms with E-state index in [0.29, 0.717) is 18.4 Å². The zero-order valence-electron chi connectivity index (χ0n) is 15.8. The number of nitrogens with zero attached hydrogens (tertiary/aromatic N) is 2. The van der Waals surface area contributed by atoms with Crippen LogP contribution in [0.1, 0.15) is 44.2 Å². The van der Waals surface area contributed by atoms with Gasteiger partial charge >= 0.3 is 6.03 Å². The second kappa shape index (κ2) is 7.17. The molecule has 152 valence electrons. The average molecular weight is 408 g/mol. The van der Waals surface area contributed by atoms with Gasteiger partial charge < -0.3 is 10.2 Å². The van der Waals surface area contributed by atoms with Crippen LogP contribution in [0.2, 0.25) is 0 Å². The van der Waals surface area contributed by atoms with Crippen LogP contribution >= 0.6 is 0 Å². The van der Waals surface area contributed by atoms with Crippen molar-refractivity contribution >= 4 is 27.9 Å². The molecule has 1 spiro atoms. The lowest BCUT2D eigenvalue weighted by atomic mass is 9.98. The van der Waals surface area contributed by atoms with Crippen molar-refractivity contribution in [2.75, 3.05) is 13.6 Å². The highest BCUT2D eigenvalue weighted by molar-refractivity contribution is 7.89. The van der Waals surface area contributed by atoms with Crippen molar-refractivity contribution in [3.8, 4) is 0 Å². The highest BCUT2D eigenvalue weighted by atomic mass is 32.2. The number of primary sulfonamides is 1. The summed E-state index contributed by atoms with van der Waals surface area (Å²) in [5.74, 6) is -0.719. The number of carbonyl (C=O) groups excluding carboxylic acids is 3. The molecule has 1 saturated heterocycles. The molecular weight excluding hydrogens is 384 g/mol. The first kappa shape index (κ1) is 20.3. The smallest absolute Gasteiger partial charge is 0.325 e. The fraction of sp³-hybridized carbons (Fsp3) is 0.500. The molecule has 1 atom stereocenters. The monoisotopic (exact) mass is 408 g/mol. The Morgan fingerprint density at radius 2 is 1.82 bits per heavy atom. The molecule has 10 heteroatoms. The van der Waals surface area contributed by atoms with Gasteiger partial charge in [0.2, 0.25) is 15.9 Å². The first-order valence-corrected chi connectivity index (χ1v) is 10.6. The van der Waals surface area contributed by atoms with Gasteiger partial charge in [-0.25, -0.2) is 18.4 Å². The molecule has 2 aliphatic rings. The third-order valence-electron chi connectivity index (χ3n) is 5.66. The molecule has 3 rings (SSSR count). The van der Waals surface area contributed by atoms with E-state index in [4.69, 9.17) is 5.14 Å². The van der Waals surface area contributed by atoms with Crippen LogP contribution in [0.4, 0.5) is 4.79 Å². The fourth-order valence-electron chi connectivity index (χ4n) is 3.76. The summed E-state index contributed by atoms with van der Waals surface area (Å²) in [7, 11) is -2.22. The molecular formula is C18H24N4O5S. The largest absolute Gasteiger partial charge is 0.337 e. The highest BCUT2D eigenvalue weighted by Gasteiger charge is 2.52. The molecule has 4 amide bonds. The number of hydrogen-bond donors (Lipinski definition) is 2. The summed E-state index contributed by atoms with van der Waals surface area (Å²) >= 11 is 0. The average Bonchev–Trinajstić information content (AvgIpc) is 3.20. The van der Waals surface area contributed by atoms with E-state index >= 15 is 0 Å². The van der Waals surface area contributed by atoms with Crippen molar-refractivity contribution in [3.63, 3.8) is 0 Å². The van der Waals surface area contributed by atoms with Crippen LogP contribution in [0.15, 0.2) is 29.2 Å². The topological polar surface area (TPSA) is 130 Å². The van der Waals surface area contributed by atoms with E-state index in [9.17, 15) is 22.8 Å². The SMILES string of the molecule is CC(c1ccc(S(N)(=O)=O)cc1)N(C)C(=O)CN1C(=O)NC2(CCCC2)C1=O. The minimum Gasteiger partial charge on any atom is -0.337 e. The molecule has 1 aromatic rings. The third kappa shape index (κ3) is 3.61. The fourth-order valence-corrected chi connectivity index (χ4v) is 4.28. The van der Waals surface area contributed by atoms with Gasteiger partial charge in [-0.3, -0.25) is 14.5 Å². The van der Waals surface area contributed by atoms with E-state index in [2.05, 4.69) is 5.32 Å². The lowest BCUT2D eigenvalue weighted by Gasteiger charge is -2.27. The molecule has 1 aliphatic carbocycles. The Morgan fingerprint density at radius 1 is 1.25 bits per heavy atom. The van der Waals surface area contributed by atoms with Gasteiger partial charge in [-0.1, -0.05) is 25.0 Å². The minimum atomic E-state index is -3.79. The summed E-state index contributed by atoms with van der Waals surface area (Å²) in [6.07, 6.45) is 2.95. The molecule has 3 N–H and O–H groups in total. The third-order valence-corrected chi connectivity index (χ3v) is 6.59. The van der Waals surface area contributed by atoms with Crippen LogP contribution < -0.4 is 10.5 Å². The number of nitrogens with one attached hydrogen (secondary N) is 1. The van der Waals surface area contributed by atoms with Crippen LogP contribution in [0.3, 0.4) is 0 Å². The quantitative estimate of drug-likeness (QED) is 0.693. The second-order valence-corrected chi connectivity index (χ2v) is 8.97. The van der Waals surface area contributed by atoms with Crippen molar-refractivity contribution in [2.24, 2.45) is 5.14 Å². The highest BCUT2D eigenvalue weighted by Crippen LogP contribution is 2.35. The van der Waals surface area contributed by atoms with Gasteiger partial charge in [-0.2, -0.15) is 0 Å². The van der Waals surface area contributed by atoms with Crippen molar-refractivity contribution in [1.29, 1.82) is 0 Å². The van der Waals surface area contributed by atoms with Crippen molar-refractivity contribution in [3.05, 3.63) is 29.8 Å². The number of hydrogen-bond acceptors (Lipinski definition) is 5. The number of benzene rings is 1. The van der Waals surface area contributed by atoms with Crippen LogP contribution in [0, 0.1) is 0 Å². The van der Waals surface area contributed by atoms with Crippen LogP contribution in [-0.4, -0.2) is 55.2 Å². The van der Waals surface area contributed by atoms with Gasteiger partial charge in [-0.05, 0) is 37.5 Å². The summed E-state index contributed by atoms with van der Waals surface area (Å²) in [6.45, 7) is 1.44. The zero-order chi connectivity index (χ0) is 20.7. The first-order chi connectivity index (χ1) is 13.0. The number of likely N-dealkylation sites (N-methyl/N-ethyl adjacent to an activating group) is 1. The molecule has 0 radical (unpaired) electrons. The number of sulfonamides is 1. The molecule has 1 aliphatic heterocycles. The summed E-state index contributed by atoms with van der Waals surface area (Å²) < 4.78 is 22.7. The summed E-state index contributed by atoms with van der Waals surface area (Å²) in [4.78, 5) is 40.0. The van der Waals surface area contributed by atoms with Crippen molar-refractivity contribution in [2.45, 2.75) is 49.1 Å². The number of urea groups is 1. The number of imide groups is 1. The van der Waals surface area contributed by atoms with E-state index in [1.807, 2.05) is 0 Å². The van der Waals surface area contributed by atoms with Crippen molar-refractivity contribution < 1.29 is 22.8 Å². The normalized spacial score (nSPS) is 19.8. The van der Waals surface area contributed by atoms with Crippen molar-refractivity contribution in [1.82, 2.24) is 15.1 Å². The Bertz CT molecular complexity index is 906. The van der Waals surface area contributed by atoms with Gasteiger partial charge in [0, 0.05) is 7.05 Å². The Hall–Kier alpha value is -2.46. The molecule has 28 heavy (non-hydrogen) atoms. The molecule has 0 aromatic heterocycles. The van der Waals surface area contributed by atoms with E-state index in [-0.39, 0.29) is 29.3 Å². The molecule has 1 unspecified atom stereocenters. The van der Waals surface area contributed by atoms with E-state index in [1.165, 1.54) is 17.0 Å². The number of nitrogens with two attached hydrogens (primary N) is 1. The van der Waals surface area contributed by atoms with E-state index in [1.54, 1.807) is 26.1 Å². The standard InChI is InChI=1S/C18H24N4O5S/c1-12(13-5-7-14(8-6-13)28(19,26)27)21(2)15(23)11-22-16(24)18(20-17(22)25)9-3-4-10-18/h5-8,12H,3-4,9-11H2,1-2H3,(H,20,25)(H2,19,26,27). The second-order valence-electron chi connectivity index (χ2n) is 7.41. The predicted octanol–water partition coefficient (Wildman–Crippen LogP) is 0.718. The Labute approximate surface area is 163 Å². The maximum Gasteiger partial charge on any atom is 0.325 e. The van der Waals surface area contributed by atoms with Gasteiger partial charge in [0.25, 0.3) is 5.91 Å². The van der Waals surface area contributed by atoms with Crippen LogP contribution in [-0.2, 0) is 19.6 Å². The first-order valence-electron chi connectivity index (χ1n) is 9.08. The van der Waals surface area contributed by atoms with E-state index < -0.39 is 21.6 Å². The summed E-state index contributed by atoms with van der Waals surface area (Å²) in [5, 5.41) is 7.84. The molecule has 9 nitrogen and oxygen atoms in total. The van der Waals surface area contributed by atoms with Gasteiger partial charge in [-0.15, -0.1) is 0 Å². The molecule has 1 heterocycles. The maximum absolute atomic E-state index is 12.7. The van der Waals surface area contributed by atoms with Crippen LogP contribution in [0.5, 0.6) is 0 Å². The van der Waals surface area contributed by atoms with E-state index in [0.717, 1.165) is 17.7 Å². The predicted molar refractivity (Wildman–Crippen MR) is 100 cm³/mol.